The molecule has 0 aromatic heterocycles. The van der Waals surface area contributed by atoms with Crippen LogP contribution in [0.4, 0.5) is 4.79 Å². The van der Waals surface area contributed by atoms with E-state index < -0.39 is 5.60 Å². The monoisotopic (exact) mass is 238 g/mol. The molecule has 3 heterocycles. The predicted molar refractivity (Wildman–Crippen MR) is 66.9 cm³/mol. The first-order valence-electron chi connectivity index (χ1n) is 6.29. The van der Waals surface area contributed by atoms with Crippen molar-refractivity contribution in [3.05, 3.63) is 12.7 Å². The molecule has 0 spiro atoms. The zero-order valence-corrected chi connectivity index (χ0v) is 10.9. The predicted octanol–water partition coefficient (Wildman–Crippen LogP) is 1.91. The molecular formula is C13H22N2O2. The summed E-state index contributed by atoms with van der Waals surface area (Å²) in [6.07, 6.45) is 3.87. The van der Waals surface area contributed by atoms with Crippen LogP contribution in [-0.4, -0.2) is 41.3 Å². The van der Waals surface area contributed by atoms with Crippen LogP contribution in [0.25, 0.3) is 0 Å². The zero-order valence-electron chi connectivity index (χ0n) is 10.9. The first-order valence-corrected chi connectivity index (χ1v) is 6.29. The van der Waals surface area contributed by atoms with Gasteiger partial charge in [-0.05, 0) is 33.6 Å². The van der Waals surface area contributed by atoms with E-state index in [1.54, 1.807) is 0 Å². The summed E-state index contributed by atoms with van der Waals surface area (Å²) < 4.78 is 5.45. The number of amides is 1. The lowest BCUT2D eigenvalue weighted by Gasteiger charge is -2.49. The molecule has 0 radical (unpaired) electrons. The minimum atomic E-state index is -0.426. The lowest BCUT2D eigenvalue weighted by molar-refractivity contribution is -0.0109. The van der Waals surface area contributed by atoms with Crippen molar-refractivity contribution in [2.75, 3.05) is 6.54 Å². The number of ether oxygens (including phenoxy) is 1. The summed E-state index contributed by atoms with van der Waals surface area (Å²) >= 11 is 0. The van der Waals surface area contributed by atoms with E-state index in [1.165, 1.54) is 0 Å². The lowest BCUT2D eigenvalue weighted by Crippen LogP contribution is -2.67. The van der Waals surface area contributed by atoms with Crippen LogP contribution in [0.5, 0.6) is 0 Å². The van der Waals surface area contributed by atoms with E-state index in [1.807, 2.05) is 31.7 Å². The fourth-order valence-corrected chi connectivity index (χ4v) is 2.64. The minimum absolute atomic E-state index is 0.194. The number of rotatable bonds is 1. The van der Waals surface area contributed by atoms with Gasteiger partial charge in [0.25, 0.3) is 0 Å². The fourth-order valence-electron chi connectivity index (χ4n) is 2.64. The van der Waals surface area contributed by atoms with Gasteiger partial charge in [0, 0.05) is 18.6 Å². The van der Waals surface area contributed by atoms with Gasteiger partial charge in [0.05, 0.1) is 6.04 Å². The van der Waals surface area contributed by atoms with E-state index in [0.717, 1.165) is 19.4 Å². The molecule has 4 nitrogen and oxygen atoms in total. The molecule has 1 N–H and O–H groups in total. The number of carbonyl (C=O) groups is 1. The van der Waals surface area contributed by atoms with Gasteiger partial charge in [-0.2, -0.15) is 0 Å². The number of nitrogens with one attached hydrogen (secondary N) is 1. The van der Waals surface area contributed by atoms with Crippen molar-refractivity contribution in [1.82, 2.24) is 10.2 Å². The molecule has 3 saturated heterocycles. The van der Waals surface area contributed by atoms with Crippen molar-refractivity contribution in [2.24, 2.45) is 0 Å². The number of piperazine rings is 1. The van der Waals surface area contributed by atoms with Crippen LogP contribution in [0.1, 0.15) is 33.6 Å². The van der Waals surface area contributed by atoms with Gasteiger partial charge < -0.3 is 15.0 Å². The van der Waals surface area contributed by atoms with Gasteiger partial charge in [-0.15, -0.1) is 6.58 Å². The minimum Gasteiger partial charge on any atom is -0.444 e. The average molecular weight is 238 g/mol. The molecule has 1 unspecified atom stereocenters. The molecule has 0 aromatic rings. The van der Waals surface area contributed by atoms with Crippen LogP contribution in [-0.2, 0) is 4.74 Å². The highest BCUT2D eigenvalue weighted by molar-refractivity contribution is 5.69. The standard InChI is InChI=1S/C13H22N2O2/c1-5-10-11-7-6-9(14-10)8-15(11)12(16)17-13(2,3)4/h5,9-11,14H,1,6-8H2,2-4H3/t9-,10?,11-/m0/s1. The van der Waals surface area contributed by atoms with Crippen molar-refractivity contribution in [3.8, 4) is 0 Å². The Hall–Kier alpha value is -1.03. The Morgan fingerprint density at radius 1 is 1.47 bits per heavy atom. The average Bonchev–Trinajstić information content (AvgIpc) is 2.27. The van der Waals surface area contributed by atoms with Crippen LogP contribution in [0.15, 0.2) is 12.7 Å². The van der Waals surface area contributed by atoms with Crippen molar-refractivity contribution in [1.29, 1.82) is 0 Å². The summed E-state index contributed by atoms with van der Waals surface area (Å²) in [5, 5.41) is 3.48. The molecule has 3 aliphatic rings. The van der Waals surface area contributed by atoms with Crippen molar-refractivity contribution >= 4 is 6.09 Å². The molecule has 96 valence electrons. The number of nitrogens with zero attached hydrogens (tertiary/aromatic N) is 1. The Morgan fingerprint density at radius 2 is 2.18 bits per heavy atom. The van der Waals surface area contributed by atoms with Gasteiger partial charge in [-0.3, -0.25) is 0 Å². The van der Waals surface area contributed by atoms with Crippen LogP contribution in [0.2, 0.25) is 0 Å². The first-order chi connectivity index (χ1) is 7.90. The summed E-state index contributed by atoms with van der Waals surface area (Å²) in [7, 11) is 0. The number of fused-ring (bicyclic) bond motifs is 3. The third-order valence-corrected chi connectivity index (χ3v) is 3.35. The quantitative estimate of drug-likeness (QED) is 0.710. The third-order valence-electron chi connectivity index (χ3n) is 3.35. The van der Waals surface area contributed by atoms with E-state index in [4.69, 9.17) is 4.74 Å². The number of carbonyl (C=O) groups excluding carboxylic acids is 1. The van der Waals surface area contributed by atoms with Gasteiger partial charge in [0.15, 0.2) is 0 Å². The lowest BCUT2D eigenvalue weighted by atomic mass is 9.87. The van der Waals surface area contributed by atoms with Gasteiger partial charge in [-0.25, -0.2) is 4.79 Å². The maximum atomic E-state index is 12.1. The van der Waals surface area contributed by atoms with Gasteiger partial charge in [0.1, 0.15) is 5.60 Å². The second-order valence-electron chi connectivity index (χ2n) is 5.90. The fraction of sp³-hybridized carbons (Fsp3) is 0.769. The largest absolute Gasteiger partial charge is 0.444 e. The maximum Gasteiger partial charge on any atom is 0.410 e. The molecule has 2 bridgehead atoms. The molecule has 3 aliphatic heterocycles. The summed E-state index contributed by atoms with van der Waals surface area (Å²) in [5.74, 6) is 0. The van der Waals surface area contributed by atoms with E-state index in [-0.39, 0.29) is 18.2 Å². The van der Waals surface area contributed by atoms with Crippen LogP contribution < -0.4 is 5.32 Å². The topological polar surface area (TPSA) is 41.6 Å². The van der Waals surface area contributed by atoms with Crippen molar-refractivity contribution < 1.29 is 9.53 Å². The highest BCUT2D eigenvalue weighted by atomic mass is 16.6. The Kier molecular flexibility index (Phi) is 3.17. The molecule has 0 saturated carbocycles. The Balaban J connectivity index is 2.06. The third kappa shape index (κ3) is 2.63. The molecule has 3 fully saturated rings. The van der Waals surface area contributed by atoms with Crippen LogP contribution in [0, 0.1) is 0 Å². The van der Waals surface area contributed by atoms with Crippen LogP contribution >= 0.6 is 0 Å². The molecule has 0 aliphatic carbocycles. The molecule has 0 aromatic carbocycles. The summed E-state index contributed by atoms with van der Waals surface area (Å²) in [6.45, 7) is 10.3. The van der Waals surface area contributed by atoms with Gasteiger partial charge in [0.2, 0.25) is 0 Å². The summed E-state index contributed by atoms with van der Waals surface area (Å²) in [4.78, 5) is 14.0. The van der Waals surface area contributed by atoms with Crippen molar-refractivity contribution in [3.63, 3.8) is 0 Å². The highest BCUT2D eigenvalue weighted by Gasteiger charge is 2.42. The van der Waals surface area contributed by atoms with E-state index in [9.17, 15) is 4.79 Å². The highest BCUT2D eigenvalue weighted by Crippen LogP contribution is 2.28. The summed E-state index contributed by atoms with van der Waals surface area (Å²) in [5.41, 5.74) is -0.426. The second kappa shape index (κ2) is 4.33. The zero-order chi connectivity index (χ0) is 12.6. The maximum absolute atomic E-state index is 12.1. The van der Waals surface area contributed by atoms with Gasteiger partial charge >= 0.3 is 6.09 Å². The number of piperidine rings is 2. The van der Waals surface area contributed by atoms with E-state index >= 15 is 0 Å². The van der Waals surface area contributed by atoms with E-state index in [2.05, 4.69) is 11.9 Å². The Labute approximate surface area is 103 Å². The summed E-state index contributed by atoms with van der Waals surface area (Å²) in [6, 6.07) is 0.790. The number of hydrogen-bond donors (Lipinski definition) is 1. The molecule has 1 amide bonds. The molecule has 17 heavy (non-hydrogen) atoms. The van der Waals surface area contributed by atoms with Gasteiger partial charge in [-0.1, -0.05) is 6.08 Å². The normalized spacial score (nSPS) is 32.4. The smallest absolute Gasteiger partial charge is 0.410 e. The molecule has 3 rings (SSSR count). The SMILES string of the molecule is C=CC1N[C@H]2CC[C@@H]1N(C(=O)OC(C)(C)C)C2. The molecule has 3 atom stereocenters. The van der Waals surface area contributed by atoms with Crippen LogP contribution in [0.3, 0.4) is 0 Å². The van der Waals surface area contributed by atoms with E-state index in [0.29, 0.717) is 6.04 Å². The second-order valence-corrected chi connectivity index (χ2v) is 5.90. The molecular weight excluding hydrogens is 216 g/mol. The number of hydrogen-bond acceptors (Lipinski definition) is 3. The van der Waals surface area contributed by atoms with Crippen molar-refractivity contribution in [2.45, 2.75) is 57.3 Å². The Bertz CT molecular complexity index is 322. The molecule has 4 heteroatoms. The first kappa shape index (κ1) is 12.4. The Morgan fingerprint density at radius 3 is 2.71 bits per heavy atom.